The van der Waals surface area contributed by atoms with Gasteiger partial charge in [0.25, 0.3) is 0 Å². The number of rotatable bonds is 6. The van der Waals surface area contributed by atoms with Crippen LogP contribution >= 0.6 is 22.9 Å². The molecule has 2 nitrogen and oxygen atoms in total. The fourth-order valence-electron chi connectivity index (χ4n) is 1.95. The lowest BCUT2D eigenvalue weighted by atomic mass is 9.87. The average Bonchev–Trinajstić information content (AvgIpc) is 2.83. The van der Waals surface area contributed by atoms with Crippen molar-refractivity contribution in [1.29, 1.82) is 0 Å². The zero-order valence-electron chi connectivity index (χ0n) is 12.8. The van der Waals surface area contributed by atoms with Crippen molar-refractivity contribution in [3.63, 3.8) is 0 Å². The lowest BCUT2D eigenvalue weighted by molar-refractivity contribution is 0.313. The lowest BCUT2D eigenvalue weighted by Gasteiger charge is -2.19. The van der Waals surface area contributed by atoms with E-state index < -0.39 is 0 Å². The van der Waals surface area contributed by atoms with E-state index in [0.29, 0.717) is 6.61 Å². The van der Waals surface area contributed by atoms with E-state index in [1.54, 1.807) is 11.3 Å². The van der Waals surface area contributed by atoms with Crippen molar-refractivity contribution in [1.82, 2.24) is 5.32 Å². The second-order valence-corrected chi connectivity index (χ2v) is 7.81. The molecule has 0 aliphatic carbocycles. The molecular weight excluding hydrogens is 302 g/mol. The first kappa shape index (κ1) is 16.3. The maximum absolute atomic E-state index is 5.90. The molecule has 21 heavy (non-hydrogen) atoms. The Hall–Kier alpha value is -1.03. The summed E-state index contributed by atoms with van der Waals surface area (Å²) in [6.45, 7) is 8.93. The Morgan fingerprint density at radius 1 is 1.19 bits per heavy atom. The van der Waals surface area contributed by atoms with Gasteiger partial charge in [0, 0.05) is 18.0 Å². The highest BCUT2D eigenvalue weighted by Gasteiger charge is 2.13. The van der Waals surface area contributed by atoms with E-state index in [0.717, 1.165) is 23.2 Å². The first-order chi connectivity index (χ1) is 9.95. The Morgan fingerprint density at radius 2 is 2.00 bits per heavy atom. The van der Waals surface area contributed by atoms with Crippen LogP contribution in [0.3, 0.4) is 0 Å². The van der Waals surface area contributed by atoms with Crippen LogP contribution in [0.5, 0.6) is 5.75 Å². The first-order valence-corrected chi connectivity index (χ1v) is 8.33. The molecule has 0 spiro atoms. The maximum atomic E-state index is 5.90. The van der Waals surface area contributed by atoms with E-state index in [2.05, 4.69) is 44.3 Å². The third-order valence-electron chi connectivity index (χ3n) is 3.18. The number of thiophene rings is 1. The first-order valence-electron chi connectivity index (χ1n) is 7.13. The minimum atomic E-state index is 0.149. The number of hydrogen-bond donors (Lipinski definition) is 1. The molecule has 0 amide bonds. The SMILES string of the molecule is CC(C)(C)c1cccc(OCCNCc2ccc(Cl)s2)c1. The molecule has 2 rings (SSSR count). The summed E-state index contributed by atoms with van der Waals surface area (Å²) < 4.78 is 6.64. The highest BCUT2D eigenvalue weighted by Crippen LogP contribution is 2.25. The van der Waals surface area contributed by atoms with Crippen molar-refractivity contribution in [3.05, 3.63) is 51.2 Å². The normalized spacial score (nSPS) is 11.6. The van der Waals surface area contributed by atoms with Gasteiger partial charge in [-0.2, -0.15) is 0 Å². The second-order valence-electron chi connectivity index (χ2n) is 6.01. The summed E-state index contributed by atoms with van der Waals surface area (Å²) in [7, 11) is 0. The van der Waals surface area contributed by atoms with Crippen LogP contribution in [-0.2, 0) is 12.0 Å². The van der Waals surface area contributed by atoms with E-state index in [4.69, 9.17) is 16.3 Å². The molecular formula is C17H22ClNOS. The Kier molecular flexibility index (Phi) is 5.68. The van der Waals surface area contributed by atoms with Gasteiger partial charge in [0.15, 0.2) is 0 Å². The maximum Gasteiger partial charge on any atom is 0.119 e. The van der Waals surface area contributed by atoms with Crippen LogP contribution in [-0.4, -0.2) is 13.2 Å². The van der Waals surface area contributed by atoms with Gasteiger partial charge in [-0.3, -0.25) is 0 Å². The van der Waals surface area contributed by atoms with Crippen molar-refractivity contribution in [3.8, 4) is 5.75 Å². The van der Waals surface area contributed by atoms with Crippen molar-refractivity contribution in [2.45, 2.75) is 32.7 Å². The molecule has 0 unspecified atom stereocenters. The Labute approximate surface area is 136 Å². The third-order valence-corrected chi connectivity index (χ3v) is 4.41. The molecule has 114 valence electrons. The Bertz CT molecular complexity index is 574. The van der Waals surface area contributed by atoms with Crippen LogP contribution in [0.1, 0.15) is 31.2 Å². The molecule has 2 aromatic rings. The molecule has 1 aromatic heterocycles. The van der Waals surface area contributed by atoms with Gasteiger partial charge in [-0.05, 0) is 35.2 Å². The quantitative estimate of drug-likeness (QED) is 0.766. The van der Waals surface area contributed by atoms with Gasteiger partial charge in [0.05, 0.1) is 4.34 Å². The van der Waals surface area contributed by atoms with Crippen LogP contribution in [0.15, 0.2) is 36.4 Å². The highest BCUT2D eigenvalue weighted by atomic mass is 35.5. The summed E-state index contributed by atoms with van der Waals surface area (Å²) in [5.74, 6) is 0.934. The molecule has 0 radical (unpaired) electrons. The number of nitrogens with one attached hydrogen (secondary N) is 1. The van der Waals surface area contributed by atoms with E-state index in [9.17, 15) is 0 Å². The van der Waals surface area contributed by atoms with Crippen LogP contribution in [0.25, 0.3) is 0 Å². The third kappa shape index (κ3) is 5.34. The molecule has 0 atom stereocenters. The van der Waals surface area contributed by atoms with Crippen molar-refractivity contribution < 1.29 is 4.74 Å². The fourth-order valence-corrected chi connectivity index (χ4v) is 3.01. The molecule has 0 bridgehead atoms. The van der Waals surface area contributed by atoms with Crippen LogP contribution in [0.4, 0.5) is 0 Å². The van der Waals surface area contributed by atoms with Crippen LogP contribution in [0, 0.1) is 0 Å². The highest BCUT2D eigenvalue weighted by molar-refractivity contribution is 7.16. The van der Waals surface area contributed by atoms with Gasteiger partial charge in [-0.1, -0.05) is 44.5 Å². The summed E-state index contributed by atoms with van der Waals surface area (Å²) >= 11 is 7.51. The van der Waals surface area contributed by atoms with Crippen molar-refractivity contribution in [2.75, 3.05) is 13.2 Å². The largest absolute Gasteiger partial charge is 0.492 e. The molecule has 0 aliphatic heterocycles. The molecule has 0 fully saturated rings. The summed E-state index contributed by atoms with van der Waals surface area (Å²) in [4.78, 5) is 1.25. The van der Waals surface area contributed by atoms with Gasteiger partial charge in [0.2, 0.25) is 0 Å². The molecule has 4 heteroatoms. The Balaban J connectivity index is 1.73. The predicted octanol–water partition coefficient (Wildman–Crippen LogP) is 4.87. The number of ether oxygens (including phenoxy) is 1. The van der Waals surface area contributed by atoms with E-state index in [-0.39, 0.29) is 5.41 Å². The summed E-state index contributed by atoms with van der Waals surface area (Å²) in [6.07, 6.45) is 0. The smallest absolute Gasteiger partial charge is 0.119 e. The predicted molar refractivity (Wildman–Crippen MR) is 91.7 cm³/mol. The second kappa shape index (κ2) is 7.30. The molecule has 1 heterocycles. The molecule has 1 N–H and O–H groups in total. The number of hydrogen-bond acceptors (Lipinski definition) is 3. The number of halogens is 1. The van der Waals surface area contributed by atoms with E-state index in [1.165, 1.54) is 10.4 Å². The van der Waals surface area contributed by atoms with Crippen molar-refractivity contribution in [2.24, 2.45) is 0 Å². The monoisotopic (exact) mass is 323 g/mol. The summed E-state index contributed by atoms with van der Waals surface area (Å²) in [5, 5.41) is 3.36. The zero-order chi connectivity index (χ0) is 15.3. The van der Waals surface area contributed by atoms with Gasteiger partial charge in [-0.15, -0.1) is 11.3 Å². The zero-order valence-corrected chi connectivity index (χ0v) is 14.4. The summed E-state index contributed by atoms with van der Waals surface area (Å²) in [5.41, 5.74) is 1.44. The molecule has 1 aromatic carbocycles. The van der Waals surface area contributed by atoms with Crippen LogP contribution < -0.4 is 10.1 Å². The molecule has 0 aliphatic rings. The molecule has 0 saturated heterocycles. The van der Waals surface area contributed by atoms with Gasteiger partial charge >= 0.3 is 0 Å². The minimum absolute atomic E-state index is 0.149. The Morgan fingerprint density at radius 3 is 2.67 bits per heavy atom. The van der Waals surface area contributed by atoms with Gasteiger partial charge in [-0.25, -0.2) is 0 Å². The van der Waals surface area contributed by atoms with Crippen molar-refractivity contribution >= 4 is 22.9 Å². The standard InChI is InChI=1S/C17H22ClNOS/c1-17(2,3)13-5-4-6-14(11-13)20-10-9-19-12-15-7-8-16(18)21-15/h4-8,11,19H,9-10,12H2,1-3H3. The fraction of sp³-hybridized carbons (Fsp3) is 0.412. The average molecular weight is 324 g/mol. The minimum Gasteiger partial charge on any atom is -0.492 e. The summed E-state index contributed by atoms with van der Waals surface area (Å²) in [6, 6.07) is 12.3. The molecule has 0 saturated carbocycles. The van der Waals surface area contributed by atoms with E-state index >= 15 is 0 Å². The van der Waals surface area contributed by atoms with E-state index in [1.807, 2.05) is 18.2 Å². The lowest BCUT2D eigenvalue weighted by Crippen LogP contribution is -2.20. The van der Waals surface area contributed by atoms with Crippen LogP contribution in [0.2, 0.25) is 4.34 Å². The van der Waals surface area contributed by atoms with Gasteiger partial charge in [0.1, 0.15) is 12.4 Å². The van der Waals surface area contributed by atoms with Gasteiger partial charge < -0.3 is 10.1 Å². The topological polar surface area (TPSA) is 21.3 Å². The number of benzene rings is 1.